The van der Waals surface area contributed by atoms with Crippen LogP contribution in [0.1, 0.15) is 13.3 Å². The molecule has 1 aromatic carbocycles. The molecule has 0 unspecified atom stereocenters. The summed E-state index contributed by atoms with van der Waals surface area (Å²) in [5, 5.41) is 5.26. The maximum atomic E-state index is 11.7. The van der Waals surface area contributed by atoms with Crippen LogP contribution in [0.25, 0.3) is 0 Å². The molecule has 22 heavy (non-hydrogen) atoms. The molecule has 1 aromatic rings. The van der Waals surface area contributed by atoms with Gasteiger partial charge >= 0.3 is 0 Å². The molecule has 0 aromatic heterocycles. The lowest BCUT2D eigenvalue weighted by Crippen LogP contribution is -2.35. The van der Waals surface area contributed by atoms with Crippen molar-refractivity contribution in [2.75, 3.05) is 21.2 Å². The Bertz CT molecular complexity index is 809. The number of anilines is 2. The number of hydrogen-bond acceptors (Lipinski definition) is 6. The molecule has 1 aliphatic heterocycles. The van der Waals surface area contributed by atoms with Gasteiger partial charge in [0.25, 0.3) is 5.91 Å². The topological polar surface area (TPSA) is 104 Å². The van der Waals surface area contributed by atoms with Gasteiger partial charge in [-0.15, -0.1) is 0 Å². The molecule has 8 nitrogen and oxygen atoms in total. The van der Waals surface area contributed by atoms with Crippen molar-refractivity contribution in [2.45, 2.75) is 13.3 Å². The van der Waals surface area contributed by atoms with Crippen LogP contribution in [0.2, 0.25) is 0 Å². The van der Waals surface area contributed by atoms with E-state index in [1.807, 2.05) is 0 Å². The summed E-state index contributed by atoms with van der Waals surface area (Å²) in [6.07, 6.45) is 1.83. The van der Waals surface area contributed by atoms with E-state index in [0.29, 0.717) is 15.1 Å². The average Bonchev–Trinajstić information content (AvgIpc) is 2.66. The molecule has 0 saturated heterocycles. The van der Waals surface area contributed by atoms with Gasteiger partial charge in [-0.2, -0.15) is 8.81 Å². The summed E-state index contributed by atoms with van der Waals surface area (Å²) in [5.41, 5.74) is 1.08. The number of amides is 1. The Morgan fingerprint density at radius 2 is 1.55 bits per heavy atom. The number of benzene rings is 1. The number of sulfonamides is 2. The fourth-order valence-electron chi connectivity index (χ4n) is 2.10. The molecule has 0 N–H and O–H groups in total. The summed E-state index contributed by atoms with van der Waals surface area (Å²) in [6, 6.07) is 5.51. The van der Waals surface area contributed by atoms with Crippen molar-refractivity contribution in [3.63, 3.8) is 0 Å². The van der Waals surface area contributed by atoms with Gasteiger partial charge in [-0.25, -0.2) is 21.8 Å². The molecule has 0 saturated carbocycles. The van der Waals surface area contributed by atoms with E-state index in [4.69, 9.17) is 0 Å². The minimum Gasteiger partial charge on any atom is -0.272 e. The van der Waals surface area contributed by atoms with Gasteiger partial charge < -0.3 is 0 Å². The molecule has 0 bridgehead atoms. The lowest BCUT2D eigenvalue weighted by molar-refractivity contribution is -0.116. The van der Waals surface area contributed by atoms with Crippen LogP contribution in [0.3, 0.4) is 0 Å². The third-order valence-electron chi connectivity index (χ3n) is 2.82. The molecule has 0 fully saturated rings. The Hall–Kier alpha value is -1.94. The van der Waals surface area contributed by atoms with E-state index in [0.717, 1.165) is 12.5 Å². The van der Waals surface area contributed by atoms with Gasteiger partial charge in [0.2, 0.25) is 20.0 Å². The summed E-state index contributed by atoms with van der Waals surface area (Å²) < 4.78 is 47.0. The maximum absolute atomic E-state index is 11.7. The molecule has 0 aliphatic carbocycles. The fraction of sp³-hybridized carbons (Fsp3) is 0.333. The number of hydrogen-bond donors (Lipinski definition) is 0. The summed E-state index contributed by atoms with van der Waals surface area (Å²) in [7, 11) is -7.98. The average molecular weight is 345 g/mol. The molecule has 1 heterocycles. The van der Waals surface area contributed by atoms with Crippen LogP contribution in [0.15, 0.2) is 29.4 Å². The third kappa shape index (κ3) is 3.28. The number of rotatable bonds is 4. The zero-order valence-corrected chi connectivity index (χ0v) is 13.8. The standard InChI is InChI=1S/C12H15N3O5S2/c1-9-8-12(16)14(13-9)10-4-6-11(7-5-10)15(21(2,17)18)22(3,19)20/h4-7H,8H2,1-3H3. The van der Waals surface area contributed by atoms with Crippen LogP contribution in [-0.4, -0.2) is 41.0 Å². The van der Waals surface area contributed by atoms with Gasteiger partial charge in [-0.1, -0.05) is 0 Å². The highest BCUT2D eigenvalue weighted by Gasteiger charge is 2.28. The largest absolute Gasteiger partial charge is 0.272 e. The first-order chi connectivity index (χ1) is 10.00. The van der Waals surface area contributed by atoms with E-state index >= 15 is 0 Å². The van der Waals surface area contributed by atoms with Crippen molar-refractivity contribution in [2.24, 2.45) is 5.10 Å². The minimum atomic E-state index is -3.99. The van der Waals surface area contributed by atoms with Gasteiger partial charge in [0.15, 0.2) is 0 Å². The molecule has 0 spiro atoms. The first-order valence-electron chi connectivity index (χ1n) is 6.18. The Labute approximate surface area is 129 Å². The van der Waals surface area contributed by atoms with Crippen LogP contribution in [-0.2, 0) is 24.8 Å². The van der Waals surface area contributed by atoms with E-state index in [1.54, 1.807) is 6.92 Å². The Kier molecular flexibility index (Phi) is 4.00. The first kappa shape index (κ1) is 16.4. The number of carbonyl (C=O) groups excluding carboxylic acids is 1. The molecule has 0 radical (unpaired) electrons. The van der Waals surface area contributed by atoms with Crippen molar-refractivity contribution in [3.05, 3.63) is 24.3 Å². The summed E-state index contributed by atoms with van der Waals surface area (Å²) in [4.78, 5) is 11.7. The summed E-state index contributed by atoms with van der Waals surface area (Å²) >= 11 is 0. The lowest BCUT2D eigenvalue weighted by Gasteiger charge is -2.20. The predicted molar refractivity (Wildman–Crippen MR) is 83.8 cm³/mol. The Morgan fingerprint density at radius 1 is 1.05 bits per heavy atom. The second-order valence-corrected chi connectivity index (χ2v) is 8.85. The monoisotopic (exact) mass is 345 g/mol. The van der Waals surface area contributed by atoms with Crippen molar-refractivity contribution < 1.29 is 21.6 Å². The zero-order valence-electron chi connectivity index (χ0n) is 12.2. The highest BCUT2D eigenvalue weighted by Crippen LogP contribution is 2.26. The van der Waals surface area contributed by atoms with Gasteiger partial charge in [-0.05, 0) is 31.2 Å². The predicted octanol–water partition coefficient (Wildman–Crippen LogP) is 0.525. The second kappa shape index (κ2) is 5.36. The number of nitrogens with zero attached hydrogens (tertiary/aromatic N) is 3. The smallest absolute Gasteiger partial charge is 0.253 e. The van der Waals surface area contributed by atoms with E-state index in [2.05, 4.69) is 5.10 Å². The van der Waals surface area contributed by atoms with Crippen molar-refractivity contribution in [1.29, 1.82) is 0 Å². The summed E-state index contributed by atoms with van der Waals surface area (Å²) in [6.45, 7) is 1.72. The molecule has 0 atom stereocenters. The minimum absolute atomic E-state index is 0.0268. The quantitative estimate of drug-likeness (QED) is 0.791. The highest BCUT2D eigenvalue weighted by molar-refractivity contribution is 8.09. The number of hydrazone groups is 1. The molecule has 2 rings (SSSR count). The van der Waals surface area contributed by atoms with Gasteiger partial charge in [-0.3, -0.25) is 4.79 Å². The van der Waals surface area contributed by atoms with E-state index in [1.165, 1.54) is 29.3 Å². The van der Waals surface area contributed by atoms with Crippen molar-refractivity contribution in [3.8, 4) is 0 Å². The summed E-state index contributed by atoms with van der Waals surface area (Å²) in [5.74, 6) is -0.201. The van der Waals surface area contributed by atoms with E-state index in [9.17, 15) is 21.6 Å². The van der Waals surface area contributed by atoms with Gasteiger partial charge in [0, 0.05) is 5.71 Å². The van der Waals surface area contributed by atoms with Crippen molar-refractivity contribution in [1.82, 2.24) is 0 Å². The molecule has 10 heteroatoms. The van der Waals surface area contributed by atoms with Crippen LogP contribution in [0, 0.1) is 0 Å². The van der Waals surface area contributed by atoms with Gasteiger partial charge in [0.05, 0.1) is 30.3 Å². The Balaban J connectivity index is 2.42. The van der Waals surface area contributed by atoms with Crippen LogP contribution in [0.4, 0.5) is 11.4 Å². The zero-order chi connectivity index (χ0) is 16.7. The van der Waals surface area contributed by atoms with E-state index in [-0.39, 0.29) is 18.0 Å². The molecular weight excluding hydrogens is 330 g/mol. The fourth-order valence-corrected chi connectivity index (χ4v) is 5.08. The normalized spacial score (nSPS) is 15.9. The van der Waals surface area contributed by atoms with Gasteiger partial charge in [0.1, 0.15) is 0 Å². The SMILES string of the molecule is CC1=NN(c2ccc(N(S(C)(=O)=O)S(C)(=O)=O)cc2)C(=O)C1. The first-order valence-corrected chi connectivity index (χ1v) is 9.87. The second-order valence-electron chi connectivity index (χ2n) is 4.96. The van der Waals surface area contributed by atoms with Crippen LogP contribution in [0.5, 0.6) is 0 Å². The molecule has 1 aliphatic rings. The van der Waals surface area contributed by atoms with Crippen molar-refractivity contribution >= 4 is 43.0 Å². The number of carbonyl (C=O) groups is 1. The highest BCUT2D eigenvalue weighted by atomic mass is 32.3. The maximum Gasteiger partial charge on any atom is 0.253 e. The van der Waals surface area contributed by atoms with Crippen LogP contribution < -0.4 is 8.72 Å². The third-order valence-corrected chi connectivity index (χ3v) is 6.07. The molecule has 1 amide bonds. The lowest BCUT2D eigenvalue weighted by atomic mass is 10.2. The Morgan fingerprint density at radius 3 is 1.91 bits per heavy atom. The molecule has 120 valence electrons. The molecular formula is C12H15N3O5S2. The van der Waals surface area contributed by atoms with E-state index < -0.39 is 20.0 Å². The van der Waals surface area contributed by atoms with Crippen LogP contribution >= 0.6 is 0 Å².